The number of ketones is 1. The van der Waals surface area contributed by atoms with E-state index in [-0.39, 0.29) is 18.2 Å². The van der Waals surface area contributed by atoms with Crippen LogP contribution in [0, 0.1) is 6.92 Å². The molecule has 0 unspecified atom stereocenters. The molecular weight excluding hydrogens is 461 g/mol. The van der Waals surface area contributed by atoms with E-state index in [1.807, 2.05) is 13.0 Å². The number of nitrogens with one attached hydrogen (secondary N) is 1. The third-order valence-electron chi connectivity index (χ3n) is 4.87. The number of nitrogens with zero attached hydrogens (tertiary/aromatic N) is 2. The Morgan fingerprint density at radius 2 is 1.70 bits per heavy atom. The van der Waals surface area contributed by atoms with Gasteiger partial charge in [-0.1, -0.05) is 53.5 Å². The second kappa shape index (κ2) is 9.90. The summed E-state index contributed by atoms with van der Waals surface area (Å²) in [4.78, 5) is 25.8. The first kappa shape index (κ1) is 22.6. The molecule has 1 aromatic heterocycles. The highest BCUT2D eigenvalue weighted by Gasteiger charge is 2.18. The Balaban J connectivity index is 1.48. The molecule has 0 aliphatic carbocycles. The van der Waals surface area contributed by atoms with Crippen LogP contribution in [0.3, 0.4) is 0 Å². The maximum absolute atomic E-state index is 13.0. The lowest BCUT2D eigenvalue weighted by atomic mass is 10.0. The Hall–Kier alpha value is -3.61. The average Bonchev–Trinajstić information content (AvgIpc) is 3.29. The van der Waals surface area contributed by atoms with Crippen LogP contribution in [0.5, 0.6) is 5.75 Å². The van der Waals surface area contributed by atoms with Gasteiger partial charge in [-0.3, -0.25) is 9.59 Å². The minimum atomic E-state index is -0.458. The molecule has 1 N–H and O–H groups in total. The summed E-state index contributed by atoms with van der Waals surface area (Å²) in [6, 6.07) is 20.4. The predicted molar refractivity (Wildman–Crippen MR) is 128 cm³/mol. The van der Waals surface area contributed by atoms with Crippen LogP contribution >= 0.6 is 23.2 Å². The van der Waals surface area contributed by atoms with Crippen LogP contribution in [0.1, 0.15) is 32.0 Å². The molecule has 0 fully saturated rings. The summed E-state index contributed by atoms with van der Waals surface area (Å²) in [5.74, 6) is -0.0300. The molecule has 33 heavy (non-hydrogen) atoms. The van der Waals surface area contributed by atoms with Gasteiger partial charge in [0.25, 0.3) is 5.91 Å². The molecule has 0 atom stereocenters. The van der Waals surface area contributed by atoms with E-state index in [1.165, 1.54) is 10.7 Å². The van der Waals surface area contributed by atoms with E-state index in [0.717, 1.165) is 5.56 Å². The van der Waals surface area contributed by atoms with Gasteiger partial charge in [-0.05, 0) is 55.0 Å². The fraction of sp³-hybridized carbons (Fsp3) is 0.0800. The zero-order chi connectivity index (χ0) is 23.4. The van der Waals surface area contributed by atoms with Crippen molar-refractivity contribution in [3.63, 3.8) is 0 Å². The van der Waals surface area contributed by atoms with Crippen molar-refractivity contribution in [1.82, 2.24) is 9.78 Å². The van der Waals surface area contributed by atoms with E-state index in [9.17, 15) is 9.59 Å². The number of ether oxygens (including phenoxy) is 1. The van der Waals surface area contributed by atoms with Crippen molar-refractivity contribution in [3.8, 4) is 5.75 Å². The first-order valence-corrected chi connectivity index (χ1v) is 10.8. The zero-order valence-electron chi connectivity index (χ0n) is 17.6. The molecule has 0 radical (unpaired) electrons. The number of benzene rings is 3. The minimum absolute atomic E-state index is 0.119. The summed E-state index contributed by atoms with van der Waals surface area (Å²) >= 11 is 12.1. The lowest BCUT2D eigenvalue weighted by molar-refractivity contribution is 0.102. The molecule has 0 aliphatic heterocycles. The van der Waals surface area contributed by atoms with E-state index >= 15 is 0 Å². The zero-order valence-corrected chi connectivity index (χ0v) is 19.1. The molecule has 3 aromatic carbocycles. The number of hydrogen-bond donors (Lipinski definition) is 1. The van der Waals surface area contributed by atoms with Gasteiger partial charge >= 0.3 is 0 Å². The number of carbonyl (C=O) groups is 2. The van der Waals surface area contributed by atoms with Crippen LogP contribution < -0.4 is 10.1 Å². The van der Waals surface area contributed by atoms with Crippen LogP contribution in [0.15, 0.2) is 79.0 Å². The van der Waals surface area contributed by atoms with Crippen LogP contribution in [-0.4, -0.2) is 21.5 Å². The Bertz CT molecular complexity index is 1320. The number of anilines is 1. The second-order valence-electron chi connectivity index (χ2n) is 7.26. The monoisotopic (exact) mass is 479 g/mol. The molecule has 0 spiro atoms. The lowest BCUT2D eigenvalue weighted by Gasteiger charge is -2.11. The topological polar surface area (TPSA) is 73.2 Å². The highest BCUT2D eigenvalue weighted by molar-refractivity contribution is 6.31. The van der Waals surface area contributed by atoms with E-state index in [4.69, 9.17) is 27.9 Å². The highest BCUT2D eigenvalue weighted by atomic mass is 35.5. The Kier molecular flexibility index (Phi) is 6.77. The normalized spacial score (nSPS) is 10.6. The molecule has 1 heterocycles. The van der Waals surface area contributed by atoms with Crippen molar-refractivity contribution in [3.05, 3.63) is 111 Å². The Morgan fingerprint density at radius 3 is 2.45 bits per heavy atom. The molecular formula is C25H19Cl2N3O3. The molecule has 0 bridgehead atoms. The van der Waals surface area contributed by atoms with Crippen molar-refractivity contribution >= 4 is 40.6 Å². The number of rotatable bonds is 7. The van der Waals surface area contributed by atoms with Crippen LogP contribution in [0.4, 0.5) is 5.69 Å². The molecule has 0 aliphatic rings. The van der Waals surface area contributed by atoms with Gasteiger partial charge < -0.3 is 10.1 Å². The molecule has 4 aromatic rings. The smallest absolute Gasteiger partial charge is 0.276 e. The molecule has 4 rings (SSSR count). The SMILES string of the molecule is Cc1cc(Cl)ccc1OCn1ccc(C(=O)Nc2ccc(Cl)cc2C(=O)c2ccccc2)n1. The number of halogens is 2. The third-order valence-corrected chi connectivity index (χ3v) is 5.34. The van der Waals surface area contributed by atoms with Crippen molar-refractivity contribution in [2.24, 2.45) is 0 Å². The van der Waals surface area contributed by atoms with Gasteiger partial charge in [-0.25, -0.2) is 4.68 Å². The molecule has 0 saturated heterocycles. The maximum atomic E-state index is 13.0. The van der Waals surface area contributed by atoms with Gasteiger partial charge in [0.1, 0.15) is 5.75 Å². The third kappa shape index (κ3) is 5.42. The molecule has 1 amide bonds. The Morgan fingerprint density at radius 1 is 0.970 bits per heavy atom. The lowest BCUT2D eigenvalue weighted by Crippen LogP contribution is -2.17. The number of hydrogen-bond acceptors (Lipinski definition) is 4. The molecule has 6 nitrogen and oxygen atoms in total. The molecule has 166 valence electrons. The van der Waals surface area contributed by atoms with Gasteiger partial charge in [0.05, 0.1) is 5.69 Å². The van der Waals surface area contributed by atoms with E-state index in [2.05, 4.69) is 10.4 Å². The average molecular weight is 480 g/mol. The standard InChI is InChI=1S/C25H19Cl2N3O3/c1-16-13-18(26)8-10-23(16)33-15-30-12-11-22(29-30)25(32)28-21-9-7-19(27)14-20(21)24(31)17-5-3-2-4-6-17/h2-14H,15H2,1H3,(H,28,32). The van der Waals surface area contributed by atoms with Crippen LogP contribution in [-0.2, 0) is 6.73 Å². The van der Waals surface area contributed by atoms with Gasteiger partial charge in [-0.15, -0.1) is 0 Å². The van der Waals surface area contributed by atoms with Crippen molar-refractivity contribution in [1.29, 1.82) is 0 Å². The number of carbonyl (C=O) groups excluding carboxylic acids is 2. The van der Waals surface area contributed by atoms with Crippen LogP contribution in [0.2, 0.25) is 10.0 Å². The number of amides is 1. The van der Waals surface area contributed by atoms with Crippen molar-refractivity contribution < 1.29 is 14.3 Å². The highest BCUT2D eigenvalue weighted by Crippen LogP contribution is 2.25. The van der Waals surface area contributed by atoms with Gasteiger partial charge in [0.2, 0.25) is 0 Å². The van der Waals surface area contributed by atoms with Gasteiger partial charge in [0.15, 0.2) is 18.2 Å². The summed E-state index contributed by atoms with van der Waals surface area (Å²) in [7, 11) is 0. The number of aryl methyl sites for hydroxylation is 1. The largest absolute Gasteiger partial charge is 0.471 e. The van der Waals surface area contributed by atoms with Gasteiger partial charge in [0, 0.05) is 27.4 Å². The summed E-state index contributed by atoms with van der Waals surface area (Å²) < 4.78 is 7.25. The fourth-order valence-electron chi connectivity index (χ4n) is 3.21. The molecule has 0 saturated carbocycles. The van der Waals surface area contributed by atoms with Gasteiger partial charge in [-0.2, -0.15) is 5.10 Å². The summed E-state index contributed by atoms with van der Waals surface area (Å²) in [6.07, 6.45) is 1.64. The predicted octanol–water partition coefficient (Wildman–Crippen LogP) is 6.02. The minimum Gasteiger partial charge on any atom is -0.471 e. The van der Waals surface area contributed by atoms with Crippen LogP contribution in [0.25, 0.3) is 0 Å². The number of aromatic nitrogens is 2. The van der Waals surface area contributed by atoms with E-state index in [0.29, 0.717) is 32.6 Å². The van der Waals surface area contributed by atoms with E-state index < -0.39 is 5.91 Å². The molecule has 8 heteroatoms. The first-order valence-electron chi connectivity index (χ1n) is 10.0. The summed E-state index contributed by atoms with van der Waals surface area (Å²) in [5.41, 5.74) is 2.21. The summed E-state index contributed by atoms with van der Waals surface area (Å²) in [6.45, 7) is 2.01. The summed E-state index contributed by atoms with van der Waals surface area (Å²) in [5, 5.41) is 8.04. The van der Waals surface area contributed by atoms with E-state index in [1.54, 1.807) is 66.9 Å². The van der Waals surface area contributed by atoms with Crippen molar-refractivity contribution in [2.45, 2.75) is 13.7 Å². The first-order chi connectivity index (χ1) is 15.9. The quantitative estimate of drug-likeness (QED) is 0.329. The second-order valence-corrected chi connectivity index (χ2v) is 8.14. The van der Waals surface area contributed by atoms with Crippen molar-refractivity contribution in [2.75, 3.05) is 5.32 Å². The maximum Gasteiger partial charge on any atom is 0.276 e. The Labute approximate surface area is 200 Å². The fourth-order valence-corrected chi connectivity index (χ4v) is 3.61.